The van der Waals surface area contributed by atoms with Gasteiger partial charge in [0.25, 0.3) is 0 Å². The van der Waals surface area contributed by atoms with Crippen molar-refractivity contribution in [2.75, 3.05) is 0 Å². The Morgan fingerprint density at radius 3 is 1.24 bits per heavy atom. The van der Waals surface area contributed by atoms with Gasteiger partial charge in [-0.1, -0.05) is 102 Å². The van der Waals surface area contributed by atoms with E-state index < -0.39 is 5.41 Å². The maximum absolute atomic E-state index is 5.32. The fourth-order valence-electron chi connectivity index (χ4n) is 5.79. The Balaban J connectivity index is 0.00000417. The van der Waals surface area contributed by atoms with Crippen molar-refractivity contribution in [1.82, 2.24) is 19.6 Å². The van der Waals surface area contributed by atoms with Crippen molar-refractivity contribution in [2.24, 2.45) is 0 Å². The van der Waals surface area contributed by atoms with Crippen molar-refractivity contribution in [1.29, 1.82) is 0 Å². The summed E-state index contributed by atoms with van der Waals surface area (Å²) in [4.78, 5) is 0. The zero-order valence-electron chi connectivity index (χ0n) is 28.0. The van der Waals surface area contributed by atoms with Gasteiger partial charge in [0, 0.05) is 23.5 Å². The summed E-state index contributed by atoms with van der Waals surface area (Å²) >= 11 is 0. The summed E-state index contributed by atoms with van der Waals surface area (Å²) in [5.41, 5.74) is 10.1. The van der Waals surface area contributed by atoms with Gasteiger partial charge in [0.2, 0.25) is 0 Å². The summed E-state index contributed by atoms with van der Waals surface area (Å²) in [5, 5.41) is 10.6. The molecule has 0 atom stereocenters. The number of rotatable bonds is 6. The van der Waals surface area contributed by atoms with E-state index >= 15 is 0 Å². The second-order valence-corrected chi connectivity index (χ2v) is 14.5. The molecule has 236 valence electrons. The van der Waals surface area contributed by atoms with Crippen LogP contribution in [-0.4, -0.2) is 19.6 Å². The van der Waals surface area contributed by atoms with Crippen LogP contribution in [0.2, 0.25) is 0 Å². The maximum atomic E-state index is 5.32. The molecule has 0 N–H and O–H groups in total. The molecule has 4 aromatic carbocycles. The molecule has 6 aromatic rings. The molecule has 0 bridgehead atoms. The van der Waals surface area contributed by atoms with Gasteiger partial charge in [-0.3, -0.25) is 9.36 Å². The van der Waals surface area contributed by atoms with Crippen molar-refractivity contribution in [3.8, 4) is 33.6 Å². The van der Waals surface area contributed by atoms with E-state index in [4.69, 9.17) is 10.2 Å². The van der Waals surface area contributed by atoms with Crippen LogP contribution in [0.3, 0.4) is 0 Å². The quantitative estimate of drug-likeness (QED) is 0.158. The fourth-order valence-corrected chi connectivity index (χ4v) is 5.79. The molecular weight excluding hydrogens is 744 g/mol. The topological polar surface area (TPSA) is 35.6 Å². The summed E-state index contributed by atoms with van der Waals surface area (Å²) in [6, 6.07) is 40.6. The van der Waals surface area contributed by atoms with E-state index in [-0.39, 0.29) is 31.9 Å². The SMILES string of the molecule is CC(C)(C)c1cc[c-]c(-n2cc(-c3ccccc3)c(C(C)(C)c3nn(-c4[c-]ccc(C(C)(C)C)c4)cc3-c3ccccc3)n2)c1.[Pt+2]. The normalized spacial score (nSPS) is 12.2. The predicted molar refractivity (Wildman–Crippen MR) is 185 cm³/mol. The Morgan fingerprint density at radius 1 is 0.522 bits per heavy atom. The molecule has 0 fully saturated rings. The summed E-state index contributed by atoms with van der Waals surface area (Å²) in [7, 11) is 0. The van der Waals surface area contributed by atoms with E-state index in [0.29, 0.717) is 0 Å². The van der Waals surface area contributed by atoms with Crippen molar-refractivity contribution in [2.45, 2.75) is 71.6 Å². The first kappa shape index (κ1) is 33.4. The molecule has 0 unspecified atom stereocenters. The molecule has 4 nitrogen and oxygen atoms in total. The summed E-state index contributed by atoms with van der Waals surface area (Å²) in [5.74, 6) is 0. The summed E-state index contributed by atoms with van der Waals surface area (Å²) in [6.07, 6.45) is 4.29. The van der Waals surface area contributed by atoms with Gasteiger partial charge < -0.3 is 0 Å². The number of nitrogens with zero attached hydrogens (tertiary/aromatic N) is 4. The van der Waals surface area contributed by atoms with E-state index in [0.717, 1.165) is 45.0 Å². The molecule has 2 heterocycles. The number of benzene rings is 4. The molecule has 0 aliphatic rings. The Bertz CT molecular complexity index is 1790. The van der Waals surface area contributed by atoms with Gasteiger partial charge in [-0.05, 0) is 47.2 Å². The minimum Gasteiger partial charge on any atom is -0.265 e. The third-order valence-electron chi connectivity index (χ3n) is 8.58. The van der Waals surface area contributed by atoms with Crippen LogP contribution < -0.4 is 0 Å². The molecule has 5 heteroatoms. The zero-order valence-corrected chi connectivity index (χ0v) is 30.3. The average Bonchev–Trinajstić information content (AvgIpc) is 3.69. The van der Waals surface area contributed by atoms with Crippen LogP contribution in [0.4, 0.5) is 0 Å². The Kier molecular flexibility index (Phi) is 9.17. The molecule has 0 radical (unpaired) electrons. The van der Waals surface area contributed by atoms with E-state index in [1.54, 1.807) is 0 Å². The first-order chi connectivity index (χ1) is 21.3. The molecule has 0 spiro atoms. The number of aromatic nitrogens is 4. The van der Waals surface area contributed by atoms with Crippen LogP contribution in [-0.2, 0) is 37.3 Å². The molecule has 0 amide bonds. The van der Waals surface area contributed by atoms with Gasteiger partial charge in [0.15, 0.2) is 0 Å². The third kappa shape index (κ3) is 6.60. The monoisotopic (exact) mass is 785 g/mol. The van der Waals surface area contributed by atoms with Gasteiger partial charge in [-0.2, -0.15) is 57.7 Å². The largest absolute Gasteiger partial charge is 2.00 e. The van der Waals surface area contributed by atoms with Crippen molar-refractivity contribution >= 4 is 0 Å². The molecule has 0 saturated carbocycles. The van der Waals surface area contributed by atoms with E-state index in [1.165, 1.54) is 11.1 Å². The van der Waals surface area contributed by atoms with Crippen LogP contribution in [0.5, 0.6) is 0 Å². The van der Waals surface area contributed by atoms with Gasteiger partial charge >= 0.3 is 21.1 Å². The molecule has 46 heavy (non-hydrogen) atoms. The first-order valence-electron chi connectivity index (χ1n) is 15.7. The second-order valence-electron chi connectivity index (χ2n) is 14.5. The van der Waals surface area contributed by atoms with Crippen LogP contribution in [0.15, 0.2) is 109 Å². The summed E-state index contributed by atoms with van der Waals surface area (Å²) < 4.78 is 3.96. The smallest absolute Gasteiger partial charge is 0.265 e. The molecule has 2 aromatic heterocycles. The average molecular weight is 786 g/mol. The minimum absolute atomic E-state index is 0. The zero-order chi connectivity index (χ0) is 32.0. The maximum Gasteiger partial charge on any atom is 2.00 e. The van der Waals surface area contributed by atoms with Crippen LogP contribution in [0.1, 0.15) is 77.9 Å². The van der Waals surface area contributed by atoms with Crippen LogP contribution in [0, 0.1) is 12.1 Å². The third-order valence-corrected chi connectivity index (χ3v) is 8.58. The van der Waals surface area contributed by atoms with Crippen molar-refractivity contribution in [3.63, 3.8) is 0 Å². The standard InChI is InChI=1S/C41H42N4.Pt/c1-39(2,3)31-21-15-23-33(25-31)44-27-35(29-17-11-9-12-18-29)37(42-44)41(7,8)38-36(30-19-13-10-14-20-30)28-45(43-38)34-24-16-22-32(26-34)40(4,5)6;/h9-22,25-28H,1-8H3;/q-2;+2. The first-order valence-corrected chi connectivity index (χ1v) is 15.7. The number of hydrogen-bond acceptors (Lipinski definition) is 2. The second kappa shape index (κ2) is 12.6. The predicted octanol–water partition coefficient (Wildman–Crippen LogP) is 9.91. The minimum atomic E-state index is -0.559. The fraction of sp³-hybridized carbons (Fsp3) is 0.268. The van der Waals surface area contributed by atoms with Crippen LogP contribution in [0.25, 0.3) is 33.6 Å². The van der Waals surface area contributed by atoms with Gasteiger partial charge in [-0.15, -0.1) is 12.1 Å². The summed E-state index contributed by atoms with van der Waals surface area (Å²) in [6.45, 7) is 17.9. The van der Waals surface area contributed by atoms with E-state index in [1.807, 2.05) is 21.5 Å². The van der Waals surface area contributed by atoms with Crippen molar-refractivity contribution in [3.05, 3.63) is 144 Å². The molecule has 6 rings (SSSR count). The van der Waals surface area contributed by atoms with Crippen LogP contribution >= 0.6 is 0 Å². The Hall–Kier alpha value is -4.01. The molecule has 0 saturated heterocycles. The van der Waals surface area contributed by atoms with Gasteiger partial charge in [0.1, 0.15) is 0 Å². The van der Waals surface area contributed by atoms with E-state index in [9.17, 15) is 0 Å². The Morgan fingerprint density at radius 2 is 0.891 bits per heavy atom. The van der Waals surface area contributed by atoms with Crippen molar-refractivity contribution < 1.29 is 21.1 Å². The molecule has 0 aliphatic carbocycles. The Labute approximate surface area is 288 Å². The number of hydrogen-bond donors (Lipinski definition) is 0. The van der Waals surface area contributed by atoms with E-state index in [2.05, 4.69) is 165 Å². The molecule has 0 aliphatic heterocycles. The van der Waals surface area contributed by atoms with Gasteiger partial charge in [-0.25, -0.2) is 0 Å². The van der Waals surface area contributed by atoms with Gasteiger partial charge in [0.05, 0.1) is 16.8 Å². The molecular formula is C41H42N4Pt.